The molecule has 0 unspecified atom stereocenters. The van der Waals surface area contributed by atoms with Gasteiger partial charge in [-0.3, -0.25) is 0 Å². The van der Waals surface area contributed by atoms with Gasteiger partial charge in [-0.05, 0) is 32.9 Å². The van der Waals surface area contributed by atoms with E-state index in [1.165, 1.54) is 41.5 Å². The van der Waals surface area contributed by atoms with Crippen molar-refractivity contribution in [1.82, 2.24) is 9.88 Å². The predicted molar refractivity (Wildman–Crippen MR) is 76.3 cm³/mol. The van der Waals surface area contributed by atoms with Crippen LogP contribution in [-0.2, 0) is 6.54 Å². The summed E-state index contributed by atoms with van der Waals surface area (Å²) in [6.45, 7) is 5.21. The standard InChI is InChI=1S/C13H22N4S/c1-16-5-2-6-17(8-7-16)13-15-12(10-3-4-10)11(9-14)18-13/h10H,2-9,14H2,1H3. The lowest BCUT2D eigenvalue weighted by Gasteiger charge is -2.19. The molecule has 2 aliphatic rings. The topological polar surface area (TPSA) is 45.4 Å². The highest BCUT2D eigenvalue weighted by atomic mass is 32.1. The van der Waals surface area contributed by atoms with Crippen LogP contribution in [0.1, 0.15) is 35.8 Å². The molecule has 5 heteroatoms. The molecule has 1 aromatic rings. The molecule has 3 rings (SSSR count). The van der Waals surface area contributed by atoms with Gasteiger partial charge in [0.1, 0.15) is 0 Å². The van der Waals surface area contributed by atoms with Crippen LogP contribution in [0, 0.1) is 0 Å². The van der Waals surface area contributed by atoms with Crippen molar-refractivity contribution >= 4 is 16.5 Å². The van der Waals surface area contributed by atoms with Gasteiger partial charge in [-0.2, -0.15) is 0 Å². The van der Waals surface area contributed by atoms with Crippen LogP contribution in [0.5, 0.6) is 0 Å². The summed E-state index contributed by atoms with van der Waals surface area (Å²) in [4.78, 5) is 11.0. The summed E-state index contributed by atoms with van der Waals surface area (Å²) in [7, 11) is 2.20. The number of hydrogen-bond donors (Lipinski definition) is 1. The van der Waals surface area contributed by atoms with E-state index in [0.717, 1.165) is 19.6 Å². The van der Waals surface area contributed by atoms with Crippen molar-refractivity contribution in [1.29, 1.82) is 0 Å². The second-order valence-electron chi connectivity index (χ2n) is 5.43. The normalized spacial score (nSPS) is 22.2. The highest BCUT2D eigenvalue weighted by molar-refractivity contribution is 7.15. The van der Waals surface area contributed by atoms with Gasteiger partial charge in [0, 0.05) is 37.0 Å². The zero-order valence-corrected chi connectivity index (χ0v) is 11.9. The second-order valence-corrected chi connectivity index (χ2v) is 6.49. The van der Waals surface area contributed by atoms with Crippen LogP contribution in [0.4, 0.5) is 5.13 Å². The minimum Gasteiger partial charge on any atom is -0.347 e. The minimum atomic E-state index is 0.650. The fourth-order valence-electron chi connectivity index (χ4n) is 2.55. The van der Waals surface area contributed by atoms with Crippen LogP contribution in [0.15, 0.2) is 0 Å². The Morgan fingerprint density at radius 1 is 1.28 bits per heavy atom. The zero-order chi connectivity index (χ0) is 12.5. The smallest absolute Gasteiger partial charge is 0.185 e. The molecule has 2 heterocycles. The number of nitrogens with two attached hydrogens (primary N) is 1. The first-order valence-corrected chi connectivity index (χ1v) is 7.72. The molecule has 18 heavy (non-hydrogen) atoms. The van der Waals surface area contributed by atoms with E-state index in [4.69, 9.17) is 10.7 Å². The summed E-state index contributed by atoms with van der Waals surface area (Å²) in [6, 6.07) is 0. The maximum atomic E-state index is 5.86. The second kappa shape index (κ2) is 5.15. The Morgan fingerprint density at radius 3 is 2.83 bits per heavy atom. The van der Waals surface area contributed by atoms with Gasteiger partial charge >= 0.3 is 0 Å². The van der Waals surface area contributed by atoms with Crippen LogP contribution in [0.2, 0.25) is 0 Å². The summed E-state index contributed by atoms with van der Waals surface area (Å²) in [6.07, 6.45) is 3.84. The number of anilines is 1. The van der Waals surface area contributed by atoms with E-state index in [1.54, 1.807) is 0 Å². The van der Waals surface area contributed by atoms with E-state index in [1.807, 2.05) is 11.3 Å². The highest BCUT2D eigenvalue weighted by Gasteiger charge is 2.30. The van der Waals surface area contributed by atoms with Gasteiger partial charge in [0.05, 0.1) is 5.69 Å². The quantitative estimate of drug-likeness (QED) is 0.903. The number of thiazole rings is 1. The first-order valence-electron chi connectivity index (χ1n) is 6.91. The van der Waals surface area contributed by atoms with Crippen molar-refractivity contribution in [2.45, 2.75) is 31.7 Å². The summed E-state index contributed by atoms with van der Waals surface area (Å²) in [5.41, 5.74) is 7.16. The van der Waals surface area contributed by atoms with Crippen molar-refractivity contribution in [2.24, 2.45) is 5.73 Å². The van der Waals surface area contributed by atoms with Crippen molar-refractivity contribution < 1.29 is 0 Å². The Bertz CT molecular complexity index is 413. The van der Waals surface area contributed by atoms with Crippen molar-refractivity contribution in [2.75, 3.05) is 38.1 Å². The number of likely N-dealkylation sites (N-methyl/N-ethyl adjacent to an activating group) is 1. The minimum absolute atomic E-state index is 0.650. The third-order valence-corrected chi connectivity index (χ3v) is 5.01. The van der Waals surface area contributed by atoms with Crippen LogP contribution in [0.3, 0.4) is 0 Å². The van der Waals surface area contributed by atoms with Crippen molar-refractivity contribution in [3.63, 3.8) is 0 Å². The lowest BCUT2D eigenvalue weighted by molar-refractivity contribution is 0.360. The van der Waals surface area contributed by atoms with E-state index >= 15 is 0 Å². The third-order valence-electron chi connectivity index (χ3n) is 3.86. The van der Waals surface area contributed by atoms with E-state index in [-0.39, 0.29) is 0 Å². The van der Waals surface area contributed by atoms with Crippen LogP contribution >= 0.6 is 11.3 Å². The molecule has 1 aliphatic heterocycles. The Labute approximate surface area is 113 Å². The average molecular weight is 266 g/mol. The molecule has 0 amide bonds. The number of rotatable bonds is 3. The van der Waals surface area contributed by atoms with E-state index < -0.39 is 0 Å². The van der Waals surface area contributed by atoms with Gasteiger partial charge in [0.25, 0.3) is 0 Å². The molecule has 0 spiro atoms. The summed E-state index contributed by atoms with van der Waals surface area (Å²) in [5.74, 6) is 0.711. The van der Waals surface area contributed by atoms with Crippen LogP contribution in [0.25, 0.3) is 0 Å². The Balaban J connectivity index is 1.78. The summed E-state index contributed by atoms with van der Waals surface area (Å²) >= 11 is 1.82. The monoisotopic (exact) mass is 266 g/mol. The zero-order valence-electron chi connectivity index (χ0n) is 11.1. The van der Waals surface area contributed by atoms with Gasteiger partial charge in [0.15, 0.2) is 5.13 Å². The molecule has 0 radical (unpaired) electrons. The molecule has 2 N–H and O–H groups in total. The molecule has 100 valence electrons. The lowest BCUT2D eigenvalue weighted by atomic mass is 10.2. The fourth-order valence-corrected chi connectivity index (χ4v) is 3.62. The van der Waals surface area contributed by atoms with E-state index in [9.17, 15) is 0 Å². The maximum absolute atomic E-state index is 5.86. The lowest BCUT2D eigenvalue weighted by Crippen LogP contribution is -2.28. The predicted octanol–water partition coefficient (Wildman–Crippen LogP) is 1.62. The Morgan fingerprint density at radius 2 is 2.11 bits per heavy atom. The van der Waals surface area contributed by atoms with Gasteiger partial charge in [-0.15, -0.1) is 11.3 Å². The summed E-state index contributed by atoms with van der Waals surface area (Å²) in [5, 5.41) is 1.20. The van der Waals surface area contributed by atoms with E-state index in [2.05, 4.69) is 16.8 Å². The first-order chi connectivity index (χ1) is 8.78. The SMILES string of the molecule is CN1CCCN(c2nc(C3CC3)c(CN)s2)CC1. The average Bonchev–Trinajstić information content (AvgIpc) is 3.16. The summed E-state index contributed by atoms with van der Waals surface area (Å²) < 4.78 is 0. The number of aromatic nitrogens is 1. The molecule has 1 saturated carbocycles. The van der Waals surface area contributed by atoms with Crippen molar-refractivity contribution in [3.8, 4) is 0 Å². The largest absolute Gasteiger partial charge is 0.347 e. The number of hydrogen-bond acceptors (Lipinski definition) is 5. The molecule has 1 aliphatic carbocycles. The molecule has 0 bridgehead atoms. The van der Waals surface area contributed by atoms with Gasteiger partial charge in [-0.1, -0.05) is 0 Å². The Kier molecular flexibility index (Phi) is 3.54. The van der Waals surface area contributed by atoms with E-state index in [0.29, 0.717) is 12.5 Å². The molecule has 1 saturated heterocycles. The molecular formula is C13H22N4S. The highest BCUT2D eigenvalue weighted by Crippen LogP contribution is 2.44. The van der Waals surface area contributed by atoms with Crippen LogP contribution < -0.4 is 10.6 Å². The number of nitrogens with zero attached hydrogens (tertiary/aromatic N) is 3. The van der Waals surface area contributed by atoms with Gasteiger partial charge < -0.3 is 15.5 Å². The molecule has 4 nitrogen and oxygen atoms in total. The molecule has 0 aromatic carbocycles. The molecule has 0 atom stereocenters. The third kappa shape index (κ3) is 2.53. The molecule has 2 fully saturated rings. The molecule has 1 aromatic heterocycles. The fraction of sp³-hybridized carbons (Fsp3) is 0.769. The first kappa shape index (κ1) is 12.4. The van der Waals surface area contributed by atoms with Crippen molar-refractivity contribution in [3.05, 3.63) is 10.6 Å². The van der Waals surface area contributed by atoms with Crippen LogP contribution in [-0.4, -0.2) is 43.1 Å². The molecular weight excluding hydrogens is 244 g/mol. The van der Waals surface area contributed by atoms with Gasteiger partial charge in [-0.25, -0.2) is 4.98 Å². The maximum Gasteiger partial charge on any atom is 0.185 e. The Hall–Kier alpha value is -0.650. The van der Waals surface area contributed by atoms with Gasteiger partial charge in [0.2, 0.25) is 0 Å².